The van der Waals surface area contributed by atoms with Gasteiger partial charge >= 0.3 is 0 Å². The number of ether oxygens (including phenoxy) is 1. The Morgan fingerprint density at radius 3 is 2.74 bits per heavy atom. The van der Waals surface area contributed by atoms with Gasteiger partial charge in [-0.2, -0.15) is 0 Å². The molecular formula is C15H13FN2O. The summed E-state index contributed by atoms with van der Waals surface area (Å²) >= 11 is 0. The largest absolute Gasteiger partial charge is 0.497 e. The molecule has 0 aliphatic carbocycles. The number of rotatable bonds is 2. The molecule has 0 amide bonds. The van der Waals surface area contributed by atoms with Gasteiger partial charge in [-0.3, -0.25) is 5.41 Å². The maximum Gasteiger partial charge on any atom is 0.147 e. The van der Waals surface area contributed by atoms with Gasteiger partial charge in [-0.25, -0.2) is 4.39 Å². The molecule has 0 saturated heterocycles. The van der Waals surface area contributed by atoms with Crippen LogP contribution < -0.4 is 9.64 Å². The molecule has 2 aromatic rings. The van der Waals surface area contributed by atoms with Gasteiger partial charge in [0.1, 0.15) is 17.4 Å². The first-order valence-corrected chi connectivity index (χ1v) is 5.98. The second-order valence-electron chi connectivity index (χ2n) is 4.41. The lowest BCUT2D eigenvalue weighted by Gasteiger charge is -2.19. The Morgan fingerprint density at radius 2 is 2.00 bits per heavy atom. The number of anilines is 1. The Morgan fingerprint density at radius 1 is 1.21 bits per heavy atom. The third kappa shape index (κ3) is 1.85. The van der Waals surface area contributed by atoms with Crippen molar-refractivity contribution in [1.29, 1.82) is 5.41 Å². The van der Waals surface area contributed by atoms with Gasteiger partial charge in [0.25, 0.3) is 0 Å². The van der Waals surface area contributed by atoms with Crippen LogP contribution in [0.4, 0.5) is 10.1 Å². The standard InChI is InChI=1S/C15H13FN2O/c1-19-11-6-7-13(16)14(8-11)18-9-10-4-2-3-5-12(10)15(18)17/h2-8,17H,9H2,1H3. The quantitative estimate of drug-likeness (QED) is 0.895. The molecule has 0 unspecified atom stereocenters. The Labute approximate surface area is 110 Å². The van der Waals surface area contributed by atoms with E-state index in [-0.39, 0.29) is 5.82 Å². The van der Waals surface area contributed by atoms with E-state index >= 15 is 0 Å². The molecule has 0 saturated carbocycles. The van der Waals surface area contributed by atoms with Crippen LogP contribution in [-0.2, 0) is 6.54 Å². The molecule has 0 spiro atoms. The first-order chi connectivity index (χ1) is 9.20. The van der Waals surface area contributed by atoms with E-state index in [2.05, 4.69) is 0 Å². The van der Waals surface area contributed by atoms with Gasteiger partial charge in [-0.05, 0) is 17.7 Å². The molecule has 0 bridgehead atoms. The minimum absolute atomic E-state index is 0.322. The van der Waals surface area contributed by atoms with Crippen LogP contribution in [0.2, 0.25) is 0 Å². The highest BCUT2D eigenvalue weighted by Crippen LogP contribution is 2.32. The number of methoxy groups -OCH3 is 1. The molecule has 0 atom stereocenters. The number of fused-ring (bicyclic) bond motifs is 1. The highest BCUT2D eigenvalue weighted by atomic mass is 19.1. The van der Waals surface area contributed by atoms with Gasteiger partial charge in [0.2, 0.25) is 0 Å². The first kappa shape index (κ1) is 11.7. The van der Waals surface area contributed by atoms with E-state index in [9.17, 15) is 4.39 Å². The zero-order valence-electron chi connectivity index (χ0n) is 10.5. The number of hydrogen-bond acceptors (Lipinski definition) is 2. The van der Waals surface area contributed by atoms with Crippen molar-refractivity contribution >= 4 is 11.5 Å². The Bertz CT molecular complexity index is 654. The second-order valence-corrected chi connectivity index (χ2v) is 4.41. The number of nitrogens with zero attached hydrogens (tertiary/aromatic N) is 1. The molecule has 3 nitrogen and oxygen atoms in total. The highest BCUT2D eigenvalue weighted by molar-refractivity contribution is 6.11. The summed E-state index contributed by atoms with van der Waals surface area (Å²) in [7, 11) is 1.54. The van der Waals surface area contributed by atoms with Gasteiger partial charge < -0.3 is 9.64 Å². The van der Waals surface area contributed by atoms with Crippen LogP contribution in [-0.4, -0.2) is 12.9 Å². The average Bonchev–Trinajstić information content (AvgIpc) is 2.77. The van der Waals surface area contributed by atoms with Crippen LogP contribution in [0.25, 0.3) is 0 Å². The van der Waals surface area contributed by atoms with Crippen LogP contribution in [0.15, 0.2) is 42.5 Å². The van der Waals surface area contributed by atoms with Crippen molar-refractivity contribution in [2.24, 2.45) is 0 Å². The first-order valence-electron chi connectivity index (χ1n) is 5.98. The van der Waals surface area contributed by atoms with Gasteiger partial charge in [0, 0.05) is 11.6 Å². The fraction of sp³-hybridized carbons (Fsp3) is 0.133. The maximum absolute atomic E-state index is 14.0. The van der Waals surface area contributed by atoms with E-state index in [0.717, 1.165) is 11.1 Å². The third-order valence-corrected chi connectivity index (χ3v) is 3.31. The predicted molar refractivity (Wildman–Crippen MR) is 72.4 cm³/mol. The molecule has 1 N–H and O–H groups in total. The van der Waals surface area contributed by atoms with Gasteiger partial charge in [0.15, 0.2) is 0 Å². The van der Waals surface area contributed by atoms with E-state index in [1.807, 2.05) is 24.3 Å². The molecule has 1 aliphatic heterocycles. The minimum Gasteiger partial charge on any atom is -0.497 e. The van der Waals surface area contributed by atoms with Crippen LogP contribution in [0.3, 0.4) is 0 Å². The Balaban J connectivity index is 2.04. The SMILES string of the molecule is COc1ccc(F)c(N2Cc3ccccc3C2=N)c1. The van der Waals surface area contributed by atoms with Crippen molar-refractivity contribution in [1.82, 2.24) is 0 Å². The van der Waals surface area contributed by atoms with E-state index in [1.54, 1.807) is 24.1 Å². The molecule has 19 heavy (non-hydrogen) atoms. The Kier molecular flexibility index (Phi) is 2.71. The van der Waals surface area contributed by atoms with Crippen molar-refractivity contribution in [3.05, 3.63) is 59.4 Å². The maximum atomic E-state index is 14.0. The summed E-state index contributed by atoms with van der Waals surface area (Å²) < 4.78 is 19.1. The summed E-state index contributed by atoms with van der Waals surface area (Å²) in [6.45, 7) is 0.513. The van der Waals surface area contributed by atoms with Crippen LogP contribution in [0, 0.1) is 11.2 Å². The van der Waals surface area contributed by atoms with Crippen molar-refractivity contribution < 1.29 is 9.13 Å². The molecular weight excluding hydrogens is 243 g/mol. The predicted octanol–water partition coefficient (Wildman–Crippen LogP) is 3.18. The smallest absolute Gasteiger partial charge is 0.147 e. The molecule has 2 aromatic carbocycles. The molecule has 1 aliphatic rings. The third-order valence-electron chi connectivity index (χ3n) is 3.31. The summed E-state index contributed by atoms with van der Waals surface area (Å²) in [5, 5.41) is 8.17. The lowest BCUT2D eigenvalue weighted by molar-refractivity contribution is 0.414. The van der Waals surface area contributed by atoms with E-state index in [0.29, 0.717) is 23.8 Å². The molecule has 0 aromatic heterocycles. The van der Waals surface area contributed by atoms with E-state index < -0.39 is 0 Å². The number of hydrogen-bond donors (Lipinski definition) is 1. The highest BCUT2D eigenvalue weighted by Gasteiger charge is 2.26. The molecule has 0 fully saturated rings. The average molecular weight is 256 g/mol. The minimum atomic E-state index is -0.349. The summed E-state index contributed by atoms with van der Waals surface area (Å²) in [5.74, 6) is 0.557. The summed E-state index contributed by atoms with van der Waals surface area (Å²) in [6.07, 6.45) is 0. The number of amidine groups is 1. The molecule has 3 rings (SSSR count). The zero-order valence-corrected chi connectivity index (χ0v) is 10.5. The zero-order chi connectivity index (χ0) is 13.4. The van der Waals surface area contributed by atoms with E-state index in [4.69, 9.17) is 10.1 Å². The van der Waals surface area contributed by atoms with Gasteiger partial charge in [-0.1, -0.05) is 24.3 Å². The van der Waals surface area contributed by atoms with Crippen molar-refractivity contribution in [2.75, 3.05) is 12.0 Å². The molecule has 96 valence electrons. The van der Waals surface area contributed by atoms with Crippen LogP contribution in [0.1, 0.15) is 11.1 Å². The summed E-state index contributed by atoms with van der Waals surface area (Å²) in [4.78, 5) is 1.66. The van der Waals surface area contributed by atoms with Crippen molar-refractivity contribution in [3.63, 3.8) is 0 Å². The topological polar surface area (TPSA) is 36.3 Å². The molecule has 4 heteroatoms. The normalized spacial score (nSPS) is 13.6. The lowest BCUT2D eigenvalue weighted by atomic mass is 10.1. The van der Waals surface area contributed by atoms with Gasteiger partial charge in [0.05, 0.1) is 19.3 Å². The number of halogens is 1. The fourth-order valence-corrected chi connectivity index (χ4v) is 2.32. The van der Waals surface area contributed by atoms with Crippen molar-refractivity contribution in [2.45, 2.75) is 6.54 Å². The second kappa shape index (κ2) is 4.39. The fourth-order valence-electron chi connectivity index (χ4n) is 2.32. The number of nitrogens with one attached hydrogen (secondary N) is 1. The summed E-state index contributed by atoms with van der Waals surface area (Å²) in [6, 6.07) is 12.2. The molecule has 0 radical (unpaired) electrons. The van der Waals surface area contributed by atoms with Gasteiger partial charge in [-0.15, -0.1) is 0 Å². The Hall–Kier alpha value is -2.36. The lowest BCUT2D eigenvalue weighted by Crippen LogP contribution is -2.24. The van der Waals surface area contributed by atoms with Crippen LogP contribution in [0.5, 0.6) is 5.75 Å². The molecule has 1 heterocycles. The van der Waals surface area contributed by atoms with Crippen molar-refractivity contribution in [3.8, 4) is 5.75 Å². The monoisotopic (exact) mass is 256 g/mol. The summed E-state index contributed by atoms with van der Waals surface area (Å²) in [5.41, 5.74) is 2.26. The van der Waals surface area contributed by atoms with E-state index in [1.165, 1.54) is 6.07 Å². The van der Waals surface area contributed by atoms with Crippen LogP contribution >= 0.6 is 0 Å². The number of benzene rings is 2.